The lowest BCUT2D eigenvalue weighted by atomic mass is 9.96. The van der Waals surface area contributed by atoms with Crippen molar-refractivity contribution in [3.05, 3.63) is 24.3 Å². The van der Waals surface area contributed by atoms with E-state index >= 15 is 0 Å². The number of sulfonamides is 1. The Kier molecular flexibility index (Phi) is 3.64. The second kappa shape index (κ2) is 4.90. The van der Waals surface area contributed by atoms with E-state index in [4.69, 9.17) is 5.73 Å². The van der Waals surface area contributed by atoms with Crippen LogP contribution >= 0.6 is 0 Å². The third-order valence-electron chi connectivity index (χ3n) is 3.63. The number of benzene rings is 1. The minimum Gasteiger partial charge on any atom is -0.399 e. The molecule has 2 N–H and O–H groups in total. The van der Waals surface area contributed by atoms with Crippen molar-refractivity contribution in [3.8, 4) is 0 Å². The first-order valence-corrected chi connectivity index (χ1v) is 7.71. The number of hydrogen-bond donors (Lipinski definition) is 1. The van der Waals surface area contributed by atoms with E-state index in [1.165, 1.54) is 6.07 Å². The summed E-state index contributed by atoms with van der Waals surface area (Å²) in [5.74, 6) is 0.979. The molecule has 0 radical (unpaired) electrons. The molecule has 0 bridgehead atoms. The maximum atomic E-state index is 12.4. The van der Waals surface area contributed by atoms with E-state index in [0.717, 1.165) is 6.42 Å². The van der Waals surface area contributed by atoms with Crippen LogP contribution in [0.4, 0.5) is 5.69 Å². The van der Waals surface area contributed by atoms with Crippen LogP contribution in [0.1, 0.15) is 20.3 Å². The Bertz CT molecular complexity index is 526. The fraction of sp³-hybridized carbons (Fsp3) is 0.538. The van der Waals surface area contributed by atoms with Crippen molar-refractivity contribution in [3.63, 3.8) is 0 Å². The van der Waals surface area contributed by atoms with E-state index in [9.17, 15) is 8.42 Å². The molecule has 0 aliphatic carbocycles. The van der Waals surface area contributed by atoms with Gasteiger partial charge in [-0.15, -0.1) is 0 Å². The van der Waals surface area contributed by atoms with E-state index < -0.39 is 10.0 Å². The van der Waals surface area contributed by atoms with Gasteiger partial charge in [-0.1, -0.05) is 19.9 Å². The Labute approximate surface area is 109 Å². The average molecular weight is 268 g/mol. The molecule has 1 aromatic rings. The predicted octanol–water partition coefficient (Wildman–Crippen LogP) is 1.94. The summed E-state index contributed by atoms with van der Waals surface area (Å²) in [4.78, 5) is 0.298. The van der Waals surface area contributed by atoms with Crippen molar-refractivity contribution in [2.24, 2.45) is 11.8 Å². The molecule has 0 spiro atoms. The summed E-state index contributed by atoms with van der Waals surface area (Å²) < 4.78 is 26.4. The maximum absolute atomic E-state index is 12.4. The number of nitrogens with zero attached hydrogens (tertiary/aromatic N) is 1. The van der Waals surface area contributed by atoms with Gasteiger partial charge in [-0.05, 0) is 36.5 Å². The van der Waals surface area contributed by atoms with Crippen LogP contribution < -0.4 is 5.73 Å². The molecule has 1 unspecified atom stereocenters. The Hall–Kier alpha value is -1.07. The van der Waals surface area contributed by atoms with E-state index in [1.54, 1.807) is 22.5 Å². The van der Waals surface area contributed by atoms with Crippen LogP contribution in [0.2, 0.25) is 0 Å². The Morgan fingerprint density at radius 1 is 1.39 bits per heavy atom. The second-order valence-corrected chi connectivity index (χ2v) is 7.17. The third-order valence-corrected chi connectivity index (χ3v) is 5.49. The molecule has 0 saturated carbocycles. The SMILES string of the molecule is CC(C)C1CCN(S(=O)(=O)c2cccc(N)c2)C1. The van der Waals surface area contributed by atoms with Gasteiger partial charge >= 0.3 is 0 Å². The largest absolute Gasteiger partial charge is 0.399 e. The highest BCUT2D eigenvalue weighted by Gasteiger charge is 2.33. The van der Waals surface area contributed by atoms with E-state index in [0.29, 0.717) is 35.5 Å². The van der Waals surface area contributed by atoms with Crippen molar-refractivity contribution in [1.82, 2.24) is 4.31 Å². The first kappa shape index (κ1) is 13.4. The molecule has 2 rings (SSSR count). The lowest BCUT2D eigenvalue weighted by molar-refractivity contribution is 0.388. The van der Waals surface area contributed by atoms with Gasteiger partial charge in [0.25, 0.3) is 0 Å². The first-order chi connectivity index (χ1) is 8.41. The normalized spacial score (nSPS) is 21.6. The Morgan fingerprint density at radius 2 is 2.11 bits per heavy atom. The van der Waals surface area contributed by atoms with Gasteiger partial charge < -0.3 is 5.73 Å². The summed E-state index contributed by atoms with van der Waals surface area (Å²) in [5, 5.41) is 0. The van der Waals surface area contributed by atoms with Gasteiger partial charge in [0, 0.05) is 18.8 Å². The molecular formula is C13H20N2O2S. The molecule has 0 amide bonds. The quantitative estimate of drug-likeness (QED) is 0.852. The zero-order valence-corrected chi connectivity index (χ0v) is 11.7. The highest BCUT2D eigenvalue weighted by atomic mass is 32.2. The monoisotopic (exact) mass is 268 g/mol. The van der Waals surface area contributed by atoms with Crippen LogP contribution in [0.5, 0.6) is 0 Å². The Morgan fingerprint density at radius 3 is 2.67 bits per heavy atom. The summed E-state index contributed by atoms with van der Waals surface area (Å²) >= 11 is 0. The fourth-order valence-corrected chi connectivity index (χ4v) is 3.91. The van der Waals surface area contributed by atoms with Gasteiger partial charge in [-0.3, -0.25) is 0 Å². The molecule has 1 aromatic carbocycles. The number of rotatable bonds is 3. The first-order valence-electron chi connectivity index (χ1n) is 6.27. The smallest absolute Gasteiger partial charge is 0.243 e. The summed E-state index contributed by atoms with van der Waals surface area (Å²) in [6.45, 7) is 5.51. The summed E-state index contributed by atoms with van der Waals surface area (Å²) in [5.41, 5.74) is 6.13. The Balaban J connectivity index is 2.23. The van der Waals surface area contributed by atoms with Crippen molar-refractivity contribution < 1.29 is 8.42 Å². The summed E-state index contributed by atoms with van der Waals surface area (Å²) in [7, 11) is -3.37. The van der Waals surface area contributed by atoms with Gasteiger partial charge in [0.15, 0.2) is 0 Å². The van der Waals surface area contributed by atoms with Crippen LogP contribution in [0.25, 0.3) is 0 Å². The lowest BCUT2D eigenvalue weighted by Crippen LogP contribution is -2.29. The second-order valence-electron chi connectivity index (χ2n) is 5.23. The van der Waals surface area contributed by atoms with Crippen molar-refractivity contribution in [2.45, 2.75) is 25.2 Å². The van der Waals surface area contributed by atoms with E-state index in [1.807, 2.05) is 0 Å². The third kappa shape index (κ3) is 2.52. The molecule has 1 saturated heterocycles. The van der Waals surface area contributed by atoms with Crippen LogP contribution in [-0.4, -0.2) is 25.8 Å². The molecular weight excluding hydrogens is 248 g/mol. The molecule has 1 aliphatic rings. The number of nitrogens with two attached hydrogens (primary N) is 1. The molecule has 0 aromatic heterocycles. The number of anilines is 1. The average Bonchev–Trinajstić information content (AvgIpc) is 2.79. The van der Waals surface area contributed by atoms with Crippen molar-refractivity contribution in [2.75, 3.05) is 18.8 Å². The molecule has 1 aliphatic heterocycles. The highest BCUT2D eigenvalue weighted by molar-refractivity contribution is 7.89. The van der Waals surface area contributed by atoms with Crippen LogP contribution in [0.15, 0.2) is 29.2 Å². The zero-order valence-electron chi connectivity index (χ0n) is 10.8. The number of nitrogen functional groups attached to an aromatic ring is 1. The molecule has 5 heteroatoms. The molecule has 100 valence electrons. The lowest BCUT2D eigenvalue weighted by Gasteiger charge is -2.18. The van der Waals surface area contributed by atoms with Crippen LogP contribution in [0.3, 0.4) is 0 Å². The van der Waals surface area contributed by atoms with E-state index in [2.05, 4.69) is 13.8 Å². The minimum atomic E-state index is -3.37. The van der Waals surface area contributed by atoms with Crippen molar-refractivity contribution >= 4 is 15.7 Å². The minimum absolute atomic E-state index is 0.298. The molecule has 18 heavy (non-hydrogen) atoms. The number of hydrogen-bond acceptors (Lipinski definition) is 3. The summed E-state index contributed by atoms with van der Waals surface area (Å²) in [6.07, 6.45) is 0.944. The maximum Gasteiger partial charge on any atom is 0.243 e. The van der Waals surface area contributed by atoms with Gasteiger partial charge in [-0.25, -0.2) is 8.42 Å². The topological polar surface area (TPSA) is 63.4 Å². The van der Waals surface area contributed by atoms with Crippen LogP contribution in [0, 0.1) is 11.8 Å². The van der Waals surface area contributed by atoms with Gasteiger partial charge in [-0.2, -0.15) is 4.31 Å². The highest BCUT2D eigenvalue weighted by Crippen LogP contribution is 2.28. The molecule has 4 nitrogen and oxygen atoms in total. The standard InChI is InChI=1S/C13H20N2O2S/c1-10(2)11-6-7-15(9-11)18(16,17)13-5-3-4-12(14)8-13/h3-5,8,10-11H,6-7,9,14H2,1-2H3. The van der Waals surface area contributed by atoms with Gasteiger partial charge in [0.05, 0.1) is 4.90 Å². The van der Waals surface area contributed by atoms with Gasteiger partial charge in [0.2, 0.25) is 10.0 Å². The summed E-state index contributed by atoms with van der Waals surface area (Å²) in [6, 6.07) is 6.50. The molecule has 1 heterocycles. The predicted molar refractivity (Wildman–Crippen MR) is 72.6 cm³/mol. The van der Waals surface area contributed by atoms with Crippen LogP contribution in [-0.2, 0) is 10.0 Å². The zero-order chi connectivity index (χ0) is 13.3. The fourth-order valence-electron chi connectivity index (χ4n) is 2.34. The molecule has 1 atom stereocenters. The van der Waals surface area contributed by atoms with E-state index in [-0.39, 0.29) is 0 Å². The molecule has 1 fully saturated rings. The van der Waals surface area contributed by atoms with Gasteiger partial charge in [0.1, 0.15) is 0 Å². The van der Waals surface area contributed by atoms with Crippen molar-refractivity contribution in [1.29, 1.82) is 0 Å².